The number of carbonyl (C=O) groups is 1. The van der Waals surface area contributed by atoms with Crippen molar-refractivity contribution in [1.82, 2.24) is 24.8 Å². The molecular weight excluding hydrogens is 469 g/mol. The molecular formula is C25H28FN5O3S. The minimum Gasteiger partial charge on any atom is -0.345 e. The summed E-state index contributed by atoms with van der Waals surface area (Å²) in [7, 11) is 0. The van der Waals surface area contributed by atoms with Crippen LogP contribution in [0.4, 0.5) is 4.39 Å². The van der Waals surface area contributed by atoms with Crippen molar-refractivity contribution in [3.63, 3.8) is 0 Å². The molecule has 2 saturated heterocycles. The van der Waals surface area contributed by atoms with Crippen LogP contribution in [0.2, 0.25) is 0 Å². The normalized spacial score (nSPS) is 22.8. The lowest BCUT2D eigenvalue weighted by Gasteiger charge is -2.40. The van der Waals surface area contributed by atoms with Gasteiger partial charge in [-0.2, -0.15) is 0 Å². The Balaban J connectivity index is 1.41. The summed E-state index contributed by atoms with van der Waals surface area (Å²) in [5.74, 6) is 0.221. The Morgan fingerprint density at radius 2 is 1.83 bits per heavy atom. The van der Waals surface area contributed by atoms with Gasteiger partial charge in [-0.3, -0.25) is 4.79 Å². The van der Waals surface area contributed by atoms with Gasteiger partial charge in [0.1, 0.15) is 5.82 Å². The van der Waals surface area contributed by atoms with Gasteiger partial charge in [-0.05, 0) is 62.8 Å². The van der Waals surface area contributed by atoms with Crippen molar-refractivity contribution in [2.45, 2.75) is 37.6 Å². The van der Waals surface area contributed by atoms with Crippen LogP contribution in [0.5, 0.6) is 0 Å². The number of carbonyl (C=O) groups excluding carboxylic acids is 1. The van der Waals surface area contributed by atoms with E-state index in [0.29, 0.717) is 28.1 Å². The van der Waals surface area contributed by atoms with Crippen molar-refractivity contribution in [2.75, 3.05) is 32.6 Å². The number of likely N-dealkylation sites (tertiary alicyclic amines) is 1. The third-order valence-electron chi connectivity index (χ3n) is 6.40. The quantitative estimate of drug-likeness (QED) is 0.411. The van der Waals surface area contributed by atoms with E-state index >= 15 is 0 Å². The number of nitrogens with one attached hydrogen (secondary N) is 1. The molecule has 10 heteroatoms. The number of aromatic nitrogens is 4. The van der Waals surface area contributed by atoms with E-state index < -0.39 is 11.7 Å². The van der Waals surface area contributed by atoms with Crippen LogP contribution in [-0.2, 0) is 14.3 Å². The largest absolute Gasteiger partial charge is 0.345 e. The number of aromatic amines is 1. The summed E-state index contributed by atoms with van der Waals surface area (Å²) in [5, 5.41) is 0.626. The van der Waals surface area contributed by atoms with Crippen molar-refractivity contribution in [1.29, 1.82) is 0 Å². The van der Waals surface area contributed by atoms with Gasteiger partial charge in [0.15, 0.2) is 11.0 Å². The van der Waals surface area contributed by atoms with E-state index in [1.165, 1.54) is 23.9 Å². The standard InChI is InChI=1S/C25H28FN5O3S/c1-25(23(32)31-12-4-3-5-13-31)14-33-22(34-15-25)21-29-19(16-6-8-17(26)9-7-16)20(30-21)18-10-11-27-24(28-18)35-2/h6-11,22H,3-5,12-15H2,1-2H3,(H,29,30). The Hall–Kier alpha value is -2.82. The number of halogens is 1. The van der Waals surface area contributed by atoms with Crippen LogP contribution in [0.15, 0.2) is 41.7 Å². The molecule has 2 aliphatic heterocycles. The highest BCUT2D eigenvalue weighted by atomic mass is 32.2. The van der Waals surface area contributed by atoms with Crippen molar-refractivity contribution in [3.05, 3.63) is 48.2 Å². The summed E-state index contributed by atoms with van der Waals surface area (Å²) in [6, 6.07) is 7.93. The minimum atomic E-state index is -0.757. The maximum Gasteiger partial charge on any atom is 0.233 e. The van der Waals surface area contributed by atoms with E-state index in [4.69, 9.17) is 14.5 Å². The highest BCUT2D eigenvalue weighted by Crippen LogP contribution is 2.36. The van der Waals surface area contributed by atoms with Crippen LogP contribution >= 0.6 is 11.8 Å². The molecule has 2 aliphatic rings. The number of piperidine rings is 1. The summed E-state index contributed by atoms with van der Waals surface area (Å²) >= 11 is 1.44. The highest BCUT2D eigenvalue weighted by Gasteiger charge is 2.43. The first-order valence-corrected chi connectivity index (χ1v) is 13.0. The first-order chi connectivity index (χ1) is 17.0. The number of hydrogen-bond acceptors (Lipinski definition) is 7. The van der Waals surface area contributed by atoms with Crippen molar-refractivity contribution >= 4 is 17.7 Å². The van der Waals surface area contributed by atoms with Gasteiger partial charge in [-0.15, -0.1) is 0 Å². The second-order valence-corrected chi connectivity index (χ2v) is 9.92. The second kappa shape index (κ2) is 10.0. The molecule has 0 bridgehead atoms. The fourth-order valence-electron chi connectivity index (χ4n) is 4.45. The first kappa shape index (κ1) is 23.9. The van der Waals surface area contributed by atoms with Crippen LogP contribution < -0.4 is 0 Å². The average molecular weight is 498 g/mol. The third-order valence-corrected chi connectivity index (χ3v) is 6.96. The Morgan fingerprint density at radius 1 is 1.11 bits per heavy atom. The number of H-pyrrole nitrogens is 1. The fourth-order valence-corrected chi connectivity index (χ4v) is 4.81. The second-order valence-electron chi connectivity index (χ2n) is 9.15. The molecule has 2 aromatic heterocycles. The van der Waals surface area contributed by atoms with E-state index in [0.717, 1.165) is 37.9 Å². The summed E-state index contributed by atoms with van der Waals surface area (Å²) < 4.78 is 25.6. The Bertz CT molecular complexity index is 1190. The number of ether oxygens (including phenoxy) is 2. The molecule has 0 spiro atoms. The zero-order valence-electron chi connectivity index (χ0n) is 19.8. The first-order valence-electron chi connectivity index (χ1n) is 11.7. The summed E-state index contributed by atoms with van der Waals surface area (Å²) in [5.41, 5.74) is 1.92. The Morgan fingerprint density at radius 3 is 2.51 bits per heavy atom. The maximum atomic E-state index is 13.6. The lowest BCUT2D eigenvalue weighted by molar-refractivity contribution is -0.234. The van der Waals surface area contributed by atoms with E-state index in [9.17, 15) is 9.18 Å². The smallest absolute Gasteiger partial charge is 0.233 e. The van der Waals surface area contributed by atoms with Gasteiger partial charge in [0.25, 0.3) is 0 Å². The van der Waals surface area contributed by atoms with Crippen molar-refractivity contribution in [2.24, 2.45) is 5.41 Å². The molecule has 0 aliphatic carbocycles. The molecule has 1 amide bonds. The van der Waals surface area contributed by atoms with Crippen LogP contribution in [0.3, 0.4) is 0 Å². The molecule has 5 rings (SSSR count). The molecule has 0 radical (unpaired) electrons. The monoisotopic (exact) mass is 497 g/mol. The summed E-state index contributed by atoms with van der Waals surface area (Å²) in [6.45, 7) is 3.94. The predicted molar refractivity (Wildman–Crippen MR) is 130 cm³/mol. The molecule has 3 aromatic rings. The SMILES string of the molecule is CSc1nccc(-c2[nH]c(C3OCC(C)(C(=O)N4CCCCC4)CO3)nc2-c2ccc(F)cc2)n1. The van der Waals surface area contributed by atoms with Crippen LogP contribution in [0.25, 0.3) is 22.6 Å². The number of nitrogens with zero attached hydrogens (tertiary/aromatic N) is 4. The summed E-state index contributed by atoms with van der Waals surface area (Å²) in [6.07, 6.45) is 6.08. The molecule has 0 atom stereocenters. The van der Waals surface area contributed by atoms with Gasteiger partial charge in [0.05, 0.1) is 35.7 Å². The molecule has 1 N–H and O–H groups in total. The molecule has 184 valence electrons. The van der Waals surface area contributed by atoms with Crippen LogP contribution in [0.1, 0.15) is 38.3 Å². The molecule has 0 saturated carbocycles. The average Bonchev–Trinajstić information content (AvgIpc) is 3.35. The van der Waals surface area contributed by atoms with Crippen LogP contribution in [0, 0.1) is 11.2 Å². The Kier molecular flexibility index (Phi) is 6.86. The maximum absolute atomic E-state index is 13.6. The molecule has 35 heavy (non-hydrogen) atoms. The third kappa shape index (κ3) is 4.96. The highest BCUT2D eigenvalue weighted by molar-refractivity contribution is 7.98. The zero-order chi connectivity index (χ0) is 24.4. The molecule has 4 heterocycles. The van der Waals surface area contributed by atoms with E-state index in [-0.39, 0.29) is 24.9 Å². The van der Waals surface area contributed by atoms with Gasteiger partial charge < -0.3 is 19.4 Å². The number of benzene rings is 1. The predicted octanol–water partition coefficient (Wildman–Crippen LogP) is 4.46. The van der Waals surface area contributed by atoms with Gasteiger partial charge in [-0.25, -0.2) is 19.3 Å². The lowest BCUT2D eigenvalue weighted by Crippen LogP contribution is -2.51. The number of imidazole rings is 1. The van der Waals surface area contributed by atoms with Gasteiger partial charge in [-0.1, -0.05) is 11.8 Å². The molecule has 8 nitrogen and oxygen atoms in total. The number of hydrogen-bond donors (Lipinski definition) is 1. The Labute approximate surface area is 207 Å². The number of thioether (sulfide) groups is 1. The molecule has 0 unspecified atom stereocenters. The van der Waals surface area contributed by atoms with Gasteiger partial charge in [0.2, 0.25) is 12.2 Å². The van der Waals surface area contributed by atoms with Crippen LogP contribution in [-0.4, -0.2) is 63.3 Å². The van der Waals surface area contributed by atoms with Crippen molar-refractivity contribution < 1.29 is 18.7 Å². The molecule has 1 aromatic carbocycles. The fraction of sp³-hybridized carbons (Fsp3) is 0.440. The van der Waals surface area contributed by atoms with E-state index in [1.54, 1.807) is 24.4 Å². The zero-order valence-corrected chi connectivity index (χ0v) is 20.6. The lowest BCUT2D eigenvalue weighted by atomic mass is 9.89. The van der Waals surface area contributed by atoms with Gasteiger partial charge >= 0.3 is 0 Å². The van der Waals surface area contributed by atoms with E-state index in [1.807, 2.05) is 18.1 Å². The van der Waals surface area contributed by atoms with Crippen molar-refractivity contribution in [3.8, 4) is 22.6 Å². The number of amides is 1. The topological polar surface area (TPSA) is 93.2 Å². The summed E-state index contributed by atoms with van der Waals surface area (Å²) in [4.78, 5) is 32.0. The minimum absolute atomic E-state index is 0.0772. The van der Waals surface area contributed by atoms with E-state index in [2.05, 4.69) is 15.0 Å². The number of rotatable bonds is 5. The van der Waals surface area contributed by atoms with Gasteiger partial charge in [0, 0.05) is 24.8 Å². The molecule has 2 fully saturated rings.